The SMILES string of the molecule is COc1cc(Br)c(/C=C/C(C)N)c(OC)c1. The summed E-state index contributed by atoms with van der Waals surface area (Å²) in [6.45, 7) is 1.92. The molecule has 1 aromatic rings. The molecule has 0 spiro atoms. The second-order valence-corrected chi connectivity index (χ2v) is 4.30. The summed E-state index contributed by atoms with van der Waals surface area (Å²) in [5, 5.41) is 0. The van der Waals surface area contributed by atoms with Gasteiger partial charge in [0.2, 0.25) is 0 Å². The molecule has 0 aromatic heterocycles. The molecule has 0 saturated carbocycles. The van der Waals surface area contributed by atoms with Crippen molar-refractivity contribution in [2.75, 3.05) is 14.2 Å². The molecule has 0 fully saturated rings. The van der Waals surface area contributed by atoms with E-state index in [0.717, 1.165) is 21.5 Å². The van der Waals surface area contributed by atoms with Crippen molar-refractivity contribution in [1.82, 2.24) is 0 Å². The van der Waals surface area contributed by atoms with Crippen molar-refractivity contribution in [3.63, 3.8) is 0 Å². The van der Waals surface area contributed by atoms with Gasteiger partial charge in [0.25, 0.3) is 0 Å². The fourth-order valence-corrected chi connectivity index (χ4v) is 1.82. The number of nitrogens with two attached hydrogens (primary N) is 1. The van der Waals surface area contributed by atoms with E-state index in [1.54, 1.807) is 14.2 Å². The maximum atomic E-state index is 5.67. The van der Waals surface area contributed by atoms with Gasteiger partial charge in [-0.25, -0.2) is 0 Å². The van der Waals surface area contributed by atoms with E-state index >= 15 is 0 Å². The van der Waals surface area contributed by atoms with E-state index in [-0.39, 0.29) is 6.04 Å². The summed E-state index contributed by atoms with van der Waals surface area (Å²) in [6, 6.07) is 3.74. The molecule has 0 heterocycles. The number of benzene rings is 1. The van der Waals surface area contributed by atoms with Gasteiger partial charge in [-0.05, 0) is 28.9 Å². The van der Waals surface area contributed by atoms with Crippen LogP contribution in [0.3, 0.4) is 0 Å². The molecule has 0 amide bonds. The van der Waals surface area contributed by atoms with Gasteiger partial charge in [0.15, 0.2) is 0 Å². The molecule has 0 radical (unpaired) electrons. The molecule has 88 valence electrons. The van der Waals surface area contributed by atoms with E-state index in [4.69, 9.17) is 15.2 Å². The predicted octanol–water partition coefficient (Wildman–Crippen LogP) is 2.83. The molecule has 2 N–H and O–H groups in total. The Morgan fingerprint density at radius 1 is 1.31 bits per heavy atom. The molecule has 0 bridgehead atoms. The summed E-state index contributed by atoms with van der Waals surface area (Å²) in [5.41, 5.74) is 6.63. The van der Waals surface area contributed by atoms with Crippen LogP contribution < -0.4 is 15.2 Å². The highest BCUT2D eigenvalue weighted by Crippen LogP contribution is 2.33. The summed E-state index contributed by atoms with van der Waals surface area (Å²) in [6.07, 6.45) is 3.85. The Kier molecular flexibility index (Phi) is 4.83. The Morgan fingerprint density at radius 2 is 2.00 bits per heavy atom. The molecule has 0 aliphatic heterocycles. The molecule has 4 heteroatoms. The third-order valence-electron chi connectivity index (χ3n) is 2.09. The van der Waals surface area contributed by atoms with E-state index in [2.05, 4.69) is 15.9 Å². The second kappa shape index (κ2) is 5.92. The van der Waals surface area contributed by atoms with Gasteiger partial charge in [0.05, 0.1) is 14.2 Å². The monoisotopic (exact) mass is 285 g/mol. The zero-order valence-corrected chi connectivity index (χ0v) is 11.2. The predicted molar refractivity (Wildman–Crippen MR) is 69.9 cm³/mol. The minimum Gasteiger partial charge on any atom is -0.497 e. The average Bonchev–Trinajstić information content (AvgIpc) is 2.26. The van der Waals surface area contributed by atoms with Crippen molar-refractivity contribution in [2.24, 2.45) is 5.73 Å². The lowest BCUT2D eigenvalue weighted by atomic mass is 10.1. The first kappa shape index (κ1) is 13.1. The molecule has 1 atom stereocenters. The van der Waals surface area contributed by atoms with E-state index in [9.17, 15) is 0 Å². The Hall–Kier alpha value is -1.00. The van der Waals surface area contributed by atoms with Crippen LogP contribution in [0, 0.1) is 0 Å². The highest BCUT2D eigenvalue weighted by molar-refractivity contribution is 9.10. The van der Waals surface area contributed by atoms with Gasteiger partial charge in [0.1, 0.15) is 11.5 Å². The molecule has 1 rings (SSSR count). The highest BCUT2D eigenvalue weighted by Gasteiger charge is 2.07. The van der Waals surface area contributed by atoms with Crippen LogP contribution in [0.2, 0.25) is 0 Å². The van der Waals surface area contributed by atoms with Crippen LogP contribution in [0.5, 0.6) is 11.5 Å². The number of hydrogen-bond acceptors (Lipinski definition) is 3. The Morgan fingerprint density at radius 3 is 2.50 bits per heavy atom. The van der Waals surface area contributed by atoms with Crippen molar-refractivity contribution in [2.45, 2.75) is 13.0 Å². The summed E-state index contributed by atoms with van der Waals surface area (Å²) in [5.74, 6) is 1.50. The molecule has 1 aromatic carbocycles. The number of hydrogen-bond donors (Lipinski definition) is 1. The molecule has 3 nitrogen and oxygen atoms in total. The molecule has 0 saturated heterocycles. The Balaban J connectivity index is 3.16. The number of halogens is 1. The number of ether oxygens (including phenoxy) is 2. The van der Waals surface area contributed by atoms with Gasteiger partial charge in [-0.15, -0.1) is 0 Å². The molecule has 1 unspecified atom stereocenters. The van der Waals surface area contributed by atoms with Gasteiger partial charge in [-0.3, -0.25) is 0 Å². The van der Waals surface area contributed by atoms with Gasteiger partial charge in [-0.2, -0.15) is 0 Å². The van der Waals surface area contributed by atoms with E-state index in [0.29, 0.717) is 0 Å². The highest BCUT2D eigenvalue weighted by atomic mass is 79.9. The smallest absolute Gasteiger partial charge is 0.130 e. The van der Waals surface area contributed by atoms with Gasteiger partial charge < -0.3 is 15.2 Å². The van der Waals surface area contributed by atoms with Crippen molar-refractivity contribution < 1.29 is 9.47 Å². The maximum absolute atomic E-state index is 5.67. The third kappa shape index (κ3) is 3.25. The van der Waals surface area contributed by atoms with Crippen LogP contribution in [0.25, 0.3) is 6.08 Å². The maximum Gasteiger partial charge on any atom is 0.130 e. The number of methoxy groups -OCH3 is 2. The fourth-order valence-electron chi connectivity index (χ4n) is 1.27. The fraction of sp³-hybridized carbons (Fsp3) is 0.333. The van der Waals surface area contributed by atoms with Gasteiger partial charge >= 0.3 is 0 Å². The van der Waals surface area contributed by atoms with Crippen LogP contribution in [0.1, 0.15) is 12.5 Å². The standard InChI is InChI=1S/C12H16BrNO2/c1-8(14)4-5-10-11(13)6-9(15-2)7-12(10)16-3/h4-8H,14H2,1-3H3/b5-4+. The van der Waals surface area contributed by atoms with E-state index in [1.807, 2.05) is 31.2 Å². The second-order valence-electron chi connectivity index (χ2n) is 3.44. The van der Waals surface area contributed by atoms with Crippen LogP contribution in [0.4, 0.5) is 0 Å². The third-order valence-corrected chi connectivity index (χ3v) is 2.74. The first-order chi connectivity index (χ1) is 7.58. The van der Waals surface area contributed by atoms with Crippen LogP contribution in [0.15, 0.2) is 22.7 Å². The topological polar surface area (TPSA) is 44.5 Å². The zero-order chi connectivity index (χ0) is 12.1. The first-order valence-electron chi connectivity index (χ1n) is 4.93. The van der Waals surface area contributed by atoms with E-state index in [1.165, 1.54) is 0 Å². The largest absolute Gasteiger partial charge is 0.497 e. The van der Waals surface area contributed by atoms with Crippen molar-refractivity contribution >= 4 is 22.0 Å². The normalized spacial score (nSPS) is 12.8. The van der Waals surface area contributed by atoms with Crippen molar-refractivity contribution in [3.8, 4) is 11.5 Å². The van der Waals surface area contributed by atoms with Crippen LogP contribution in [-0.4, -0.2) is 20.3 Å². The van der Waals surface area contributed by atoms with E-state index < -0.39 is 0 Å². The van der Waals surface area contributed by atoms with Crippen LogP contribution >= 0.6 is 15.9 Å². The quantitative estimate of drug-likeness (QED) is 0.925. The lowest BCUT2D eigenvalue weighted by Crippen LogP contribution is -2.10. The minimum atomic E-state index is 0.0127. The Bertz CT molecular complexity index is 389. The van der Waals surface area contributed by atoms with Crippen LogP contribution in [-0.2, 0) is 0 Å². The molecule has 0 aliphatic carbocycles. The minimum absolute atomic E-state index is 0.0127. The lowest BCUT2D eigenvalue weighted by molar-refractivity contribution is 0.393. The zero-order valence-electron chi connectivity index (χ0n) is 9.66. The van der Waals surface area contributed by atoms with Gasteiger partial charge in [0, 0.05) is 22.1 Å². The molecular formula is C12H16BrNO2. The van der Waals surface area contributed by atoms with Gasteiger partial charge in [-0.1, -0.05) is 12.2 Å². The number of rotatable bonds is 4. The summed E-state index contributed by atoms with van der Waals surface area (Å²) in [7, 11) is 3.25. The van der Waals surface area contributed by atoms with Crippen molar-refractivity contribution in [3.05, 3.63) is 28.2 Å². The van der Waals surface area contributed by atoms with Crippen molar-refractivity contribution in [1.29, 1.82) is 0 Å². The summed E-state index contributed by atoms with van der Waals surface area (Å²) in [4.78, 5) is 0. The Labute approximate surface area is 104 Å². The lowest BCUT2D eigenvalue weighted by Gasteiger charge is -2.10. The first-order valence-corrected chi connectivity index (χ1v) is 5.73. The summed E-state index contributed by atoms with van der Waals surface area (Å²) < 4.78 is 11.4. The molecule has 0 aliphatic rings. The molecule has 16 heavy (non-hydrogen) atoms. The average molecular weight is 286 g/mol. The summed E-state index contributed by atoms with van der Waals surface area (Å²) >= 11 is 3.48. The molecular weight excluding hydrogens is 270 g/mol.